The highest BCUT2D eigenvalue weighted by Crippen LogP contribution is 2.44. The van der Waals surface area contributed by atoms with Gasteiger partial charge in [0.15, 0.2) is 0 Å². The molecule has 2 aromatic heterocycles. The number of nitrogens with zero attached hydrogens (tertiary/aromatic N) is 4. The molecule has 0 aliphatic carbocycles. The van der Waals surface area contributed by atoms with Crippen LogP contribution in [-0.2, 0) is 22.6 Å². The maximum absolute atomic E-state index is 12.1. The fourth-order valence-electron chi connectivity index (χ4n) is 5.55. The highest BCUT2D eigenvalue weighted by Gasteiger charge is 2.31. The van der Waals surface area contributed by atoms with Crippen LogP contribution < -0.4 is 10.2 Å². The normalized spacial score (nSPS) is 20.3. The number of pyridine rings is 1. The van der Waals surface area contributed by atoms with Gasteiger partial charge in [-0.05, 0) is 55.6 Å². The average molecular weight is 472 g/mol. The number of nitrogens with one attached hydrogen (secondary N) is 1. The monoisotopic (exact) mass is 471 g/mol. The van der Waals surface area contributed by atoms with Crippen molar-refractivity contribution in [3.63, 3.8) is 0 Å². The average Bonchev–Trinajstić information content (AvgIpc) is 3.60. The quantitative estimate of drug-likeness (QED) is 0.585. The molecule has 1 N–H and O–H groups in total. The van der Waals surface area contributed by atoms with Crippen LogP contribution in [0.2, 0.25) is 0 Å². The van der Waals surface area contributed by atoms with Gasteiger partial charge in [0.1, 0.15) is 0 Å². The Balaban J connectivity index is 1.48. The Morgan fingerprint density at radius 3 is 2.76 bits per heavy atom. The molecule has 3 aliphatic heterocycles. The summed E-state index contributed by atoms with van der Waals surface area (Å²) in [5.41, 5.74) is 6.16. The van der Waals surface area contributed by atoms with Crippen molar-refractivity contribution < 1.29 is 9.59 Å². The molecular formula is C26H25N5O2S. The van der Waals surface area contributed by atoms with Gasteiger partial charge in [-0.25, -0.2) is 0 Å². The van der Waals surface area contributed by atoms with E-state index in [4.69, 9.17) is 0 Å². The molecule has 2 amide bonds. The van der Waals surface area contributed by atoms with Crippen LogP contribution in [0.25, 0.3) is 21.3 Å². The number of anilines is 1. The summed E-state index contributed by atoms with van der Waals surface area (Å²) in [6, 6.07) is 10.9. The first-order valence-corrected chi connectivity index (χ1v) is 12.7. The minimum Gasteiger partial charge on any atom is -0.366 e. The Bertz CT molecular complexity index is 1340. The SMILES string of the molecule is N#Cc1cc2c(c(-c3ccnc4cc(CN5C(=O)CCC5=O)sc34)c1)N(C1CCNC1)CCC2. The molecule has 0 radical (unpaired) electrons. The van der Waals surface area contributed by atoms with E-state index >= 15 is 0 Å². The zero-order valence-electron chi connectivity index (χ0n) is 18.8. The first kappa shape index (κ1) is 21.3. The molecular weight excluding hydrogens is 446 g/mol. The van der Waals surface area contributed by atoms with Crippen LogP contribution in [0.15, 0.2) is 30.5 Å². The molecule has 1 aromatic carbocycles. The molecule has 7 nitrogen and oxygen atoms in total. The third-order valence-corrected chi connectivity index (χ3v) is 8.29. The van der Waals surface area contributed by atoms with Crippen LogP contribution in [-0.4, -0.2) is 47.4 Å². The van der Waals surface area contributed by atoms with Gasteiger partial charge in [0.2, 0.25) is 11.8 Å². The minimum atomic E-state index is -0.104. The van der Waals surface area contributed by atoms with E-state index in [1.165, 1.54) is 16.2 Å². The first-order chi connectivity index (χ1) is 16.6. The lowest BCUT2D eigenvalue weighted by molar-refractivity contribution is -0.138. The predicted molar refractivity (Wildman–Crippen MR) is 132 cm³/mol. The zero-order chi connectivity index (χ0) is 23.2. The van der Waals surface area contributed by atoms with Gasteiger partial charge in [0.25, 0.3) is 0 Å². The van der Waals surface area contributed by atoms with Gasteiger partial charge in [-0.1, -0.05) is 0 Å². The summed E-state index contributed by atoms with van der Waals surface area (Å²) in [5, 5.41) is 13.3. The van der Waals surface area contributed by atoms with Crippen molar-refractivity contribution in [2.75, 3.05) is 24.5 Å². The Labute approximate surface area is 202 Å². The van der Waals surface area contributed by atoms with E-state index < -0.39 is 0 Å². The van der Waals surface area contributed by atoms with Gasteiger partial charge in [-0.2, -0.15) is 5.26 Å². The van der Waals surface area contributed by atoms with Crippen molar-refractivity contribution >= 4 is 39.1 Å². The number of fused-ring (bicyclic) bond motifs is 2. The number of hydrogen-bond acceptors (Lipinski definition) is 7. The fraction of sp³-hybridized carbons (Fsp3) is 0.385. The number of likely N-dealkylation sites (tertiary alicyclic amines) is 1. The summed E-state index contributed by atoms with van der Waals surface area (Å²) in [7, 11) is 0. The fourth-order valence-corrected chi connectivity index (χ4v) is 6.68. The minimum absolute atomic E-state index is 0.104. The lowest BCUT2D eigenvalue weighted by Crippen LogP contribution is -2.40. The number of benzene rings is 1. The number of imide groups is 1. The van der Waals surface area contributed by atoms with Crippen molar-refractivity contribution in [3.8, 4) is 17.2 Å². The second-order valence-corrected chi connectivity index (χ2v) is 10.4. The molecule has 3 aliphatic rings. The van der Waals surface area contributed by atoms with E-state index in [1.807, 2.05) is 24.4 Å². The summed E-state index contributed by atoms with van der Waals surface area (Å²) >= 11 is 1.58. The second-order valence-electron chi connectivity index (χ2n) is 9.25. The summed E-state index contributed by atoms with van der Waals surface area (Å²) in [4.78, 5) is 33.7. The molecule has 5 heterocycles. The molecule has 34 heavy (non-hydrogen) atoms. The number of carbonyl (C=O) groups excluding carboxylic acids is 2. The number of nitriles is 1. The lowest BCUT2D eigenvalue weighted by Gasteiger charge is -2.38. The third-order valence-electron chi connectivity index (χ3n) is 7.15. The van der Waals surface area contributed by atoms with Gasteiger partial charge in [-0.15, -0.1) is 11.3 Å². The van der Waals surface area contributed by atoms with Gasteiger partial charge >= 0.3 is 0 Å². The molecule has 0 saturated carbocycles. The molecule has 2 saturated heterocycles. The van der Waals surface area contributed by atoms with E-state index in [0.29, 0.717) is 31.0 Å². The maximum atomic E-state index is 12.1. The van der Waals surface area contributed by atoms with Crippen molar-refractivity contribution in [2.24, 2.45) is 0 Å². The Morgan fingerprint density at radius 2 is 2.00 bits per heavy atom. The maximum Gasteiger partial charge on any atom is 0.230 e. The topological polar surface area (TPSA) is 89.3 Å². The molecule has 0 spiro atoms. The van der Waals surface area contributed by atoms with Crippen LogP contribution >= 0.6 is 11.3 Å². The Kier molecular flexibility index (Phi) is 5.31. The van der Waals surface area contributed by atoms with Crippen molar-refractivity contribution in [2.45, 2.75) is 44.7 Å². The van der Waals surface area contributed by atoms with Gasteiger partial charge in [-0.3, -0.25) is 19.5 Å². The molecule has 172 valence electrons. The number of amides is 2. The standard InChI is InChI=1S/C26H25N5O2S/c27-13-16-10-17-2-1-9-30(18-5-7-28-14-18)25(17)21(11-16)20-6-8-29-22-12-19(34-26(20)22)15-31-23(32)3-4-24(31)33/h6,8,10-12,18,28H,1-5,7,9,14-15H2. The molecule has 1 unspecified atom stereocenters. The van der Waals surface area contributed by atoms with Crippen molar-refractivity contribution in [1.82, 2.24) is 15.2 Å². The Hall–Kier alpha value is -3.28. The molecule has 1 atom stereocenters. The second kappa shape index (κ2) is 8.49. The Morgan fingerprint density at radius 1 is 1.15 bits per heavy atom. The van der Waals surface area contributed by atoms with Gasteiger partial charge < -0.3 is 10.2 Å². The van der Waals surface area contributed by atoms with E-state index in [9.17, 15) is 14.9 Å². The zero-order valence-corrected chi connectivity index (χ0v) is 19.7. The molecule has 0 bridgehead atoms. The van der Waals surface area contributed by atoms with E-state index in [2.05, 4.69) is 27.3 Å². The number of thiophene rings is 1. The number of aryl methyl sites for hydroxylation is 1. The number of hydrogen-bond donors (Lipinski definition) is 1. The molecule has 2 fully saturated rings. The highest BCUT2D eigenvalue weighted by molar-refractivity contribution is 7.19. The molecule has 8 heteroatoms. The molecule has 3 aromatic rings. The summed E-state index contributed by atoms with van der Waals surface area (Å²) in [5.74, 6) is -0.209. The summed E-state index contributed by atoms with van der Waals surface area (Å²) < 4.78 is 1.03. The van der Waals surface area contributed by atoms with Gasteiger partial charge in [0.05, 0.1) is 28.4 Å². The number of carbonyl (C=O) groups is 2. The van der Waals surface area contributed by atoms with Gasteiger partial charge in [0, 0.05) is 59.9 Å². The summed E-state index contributed by atoms with van der Waals surface area (Å²) in [6.07, 6.45) is 5.59. The lowest BCUT2D eigenvalue weighted by atomic mass is 9.90. The highest BCUT2D eigenvalue weighted by atomic mass is 32.1. The van der Waals surface area contributed by atoms with Crippen LogP contribution in [0, 0.1) is 11.3 Å². The van der Waals surface area contributed by atoms with Crippen molar-refractivity contribution in [3.05, 3.63) is 46.5 Å². The van der Waals surface area contributed by atoms with E-state index in [1.54, 1.807) is 11.3 Å². The molecule has 6 rings (SSSR count). The smallest absolute Gasteiger partial charge is 0.230 e. The largest absolute Gasteiger partial charge is 0.366 e. The number of rotatable bonds is 4. The predicted octanol–water partition coefficient (Wildman–Crippen LogP) is 3.60. The van der Waals surface area contributed by atoms with Crippen LogP contribution in [0.1, 0.15) is 41.7 Å². The van der Waals surface area contributed by atoms with Crippen LogP contribution in [0.5, 0.6) is 0 Å². The third kappa shape index (κ3) is 3.56. The van der Waals surface area contributed by atoms with Crippen LogP contribution in [0.3, 0.4) is 0 Å². The van der Waals surface area contributed by atoms with E-state index in [0.717, 1.165) is 65.1 Å². The first-order valence-electron chi connectivity index (χ1n) is 11.9. The van der Waals surface area contributed by atoms with E-state index in [-0.39, 0.29) is 11.8 Å². The number of aromatic nitrogens is 1. The van der Waals surface area contributed by atoms with Crippen LogP contribution in [0.4, 0.5) is 5.69 Å². The summed E-state index contributed by atoms with van der Waals surface area (Å²) in [6.45, 7) is 3.32. The van der Waals surface area contributed by atoms with Crippen molar-refractivity contribution in [1.29, 1.82) is 5.26 Å².